The molecule has 5 rings (SSSR count). The van der Waals surface area contributed by atoms with E-state index in [2.05, 4.69) is 25.8 Å². The molecule has 1 atom stereocenters. The third-order valence-electron chi connectivity index (χ3n) is 5.81. The largest absolute Gasteiger partial charge is 0.444 e. The van der Waals surface area contributed by atoms with Crippen LogP contribution in [0.25, 0.3) is 16.7 Å². The Morgan fingerprint density at radius 1 is 1.06 bits per heavy atom. The van der Waals surface area contributed by atoms with E-state index in [0.29, 0.717) is 37.6 Å². The third-order valence-corrected chi connectivity index (χ3v) is 5.81. The van der Waals surface area contributed by atoms with Gasteiger partial charge in [-0.15, -0.1) is 5.10 Å². The molecule has 1 amide bonds. The smallest absolute Gasteiger partial charge is 0.410 e. The number of aliphatic hydroxyl groups excluding tert-OH is 1. The number of carbonyl (C=O) groups excluding carboxylic acids is 1. The van der Waals surface area contributed by atoms with Crippen LogP contribution in [0.4, 0.5) is 16.3 Å². The molecule has 1 aliphatic heterocycles. The predicted octanol–water partition coefficient (Wildman–Crippen LogP) is 2.96. The molecule has 11 nitrogen and oxygen atoms in total. The fraction of sp³-hybridized carbons (Fsp3) is 0.375. The van der Waals surface area contributed by atoms with Crippen LogP contribution in [0.1, 0.15) is 32.6 Å². The van der Waals surface area contributed by atoms with Crippen molar-refractivity contribution in [2.24, 2.45) is 0 Å². The van der Waals surface area contributed by atoms with Gasteiger partial charge in [0.2, 0.25) is 5.65 Å². The Kier molecular flexibility index (Phi) is 5.95. The second-order valence-electron chi connectivity index (χ2n) is 9.49. The molecule has 3 heterocycles. The number of hydrogen-bond acceptors (Lipinski definition) is 9. The van der Waals surface area contributed by atoms with E-state index in [1.807, 2.05) is 74.2 Å². The van der Waals surface area contributed by atoms with Crippen molar-refractivity contribution in [3.05, 3.63) is 54.1 Å². The third kappa shape index (κ3) is 4.86. The maximum atomic E-state index is 12.3. The molecule has 0 saturated carbocycles. The maximum absolute atomic E-state index is 12.3. The number of tetrazole rings is 1. The summed E-state index contributed by atoms with van der Waals surface area (Å²) in [6.45, 7) is 7.67. The molecule has 182 valence electrons. The van der Waals surface area contributed by atoms with E-state index in [1.165, 1.54) is 0 Å². The number of fused-ring (bicyclic) bond motifs is 3. The second-order valence-corrected chi connectivity index (χ2v) is 9.49. The Labute approximate surface area is 202 Å². The predicted molar refractivity (Wildman–Crippen MR) is 130 cm³/mol. The Balaban J connectivity index is 1.25. The molecule has 1 saturated heterocycles. The minimum absolute atomic E-state index is 0.318. The lowest BCUT2D eigenvalue weighted by atomic mass is 10.1. The molecule has 0 spiro atoms. The van der Waals surface area contributed by atoms with Crippen molar-refractivity contribution in [2.45, 2.75) is 32.6 Å². The molecule has 11 heteroatoms. The highest BCUT2D eigenvalue weighted by atomic mass is 16.6. The molecule has 0 bridgehead atoms. The summed E-state index contributed by atoms with van der Waals surface area (Å²) in [7, 11) is 0. The molecule has 2 aromatic heterocycles. The summed E-state index contributed by atoms with van der Waals surface area (Å²) in [4.78, 5) is 20.6. The van der Waals surface area contributed by atoms with Crippen molar-refractivity contribution in [1.29, 1.82) is 0 Å². The quantitative estimate of drug-likeness (QED) is 0.458. The van der Waals surface area contributed by atoms with Crippen molar-refractivity contribution in [3.63, 3.8) is 0 Å². The van der Waals surface area contributed by atoms with Crippen molar-refractivity contribution in [2.75, 3.05) is 31.5 Å². The molecule has 2 aromatic carbocycles. The Bertz CT molecular complexity index is 1340. The van der Waals surface area contributed by atoms with Crippen LogP contribution in [-0.4, -0.2) is 77.8 Å². The van der Waals surface area contributed by atoms with Gasteiger partial charge in [0, 0.05) is 31.9 Å². The Hall–Kier alpha value is -3.83. The lowest BCUT2D eigenvalue weighted by Crippen LogP contribution is -2.50. The number of piperazine rings is 1. The van der Waals surface area contributed by atoms with Crippen LogP contribution in [0.15, 0.2) is 48.5 Å². The number of ether oxygens (including phenoxy) is 1. The number of benzene rings is 2. The molecule has 1 aliphatic rings. The fourth-order valence-corrected chi connectivity index (χ4v) is 4.05. The number of amides is 1. The summed E-state index contributed by atoms with van der Waals surface area (Å²) in [5.74, 6) is 0.542. The number of aromatic nitrogens is 5. The monoisotopic (exact) mass is 476 g/mol. The average molecular weight is 477 g/mol. The summed E-state index contributed by atoms with van der Waals surface area (Å²) in [5, 5.41) is 26.1. The average Bonchev–Trinajstić information content (AvgIpc) is 3.34. The number of rotatable bonds is 4. The van der Waals surface area contributed by atoms with Gasteiger partial charge in [0.1, 0.15) is 11.8 Å². The van der Waals surface area contributed by atoms with Crippen molar-refractivity contribution < 1.29 is 14.6 Å². The molecule has 2 N–H and O–H groups in total. The fourth-order valence-electron chi connectivity index (χ4n) is 4.05. The second kappa shape index (κ2) is 9.08. The SMILES string of the molecule is CC(C)(C)OC(=O)N1CCN(C(O)c2ccc(Nc3nc4ccccc4n4nnnc34)cc2)CC1. The lowest BCUT2D eigenvalue weighted by Gasteiger charge is -2.37. The van der Waals surface area contributed by atoms with Crippen LogP contribution in [0.5, 0.6) is 0 Å². The molecule has 0 aliphatic carbocycles. The molecule has 35 heavy (non-hydrogen) atoms. The molecular formula is C24H28N8O3. The number of anilines is 2. The van der Waals surface area contributed by atoms with Crippen molar-refractivity contribution >= 4 is 34.3 Å². The highest BCUT2D eigenvalue weighted by Gasteiger charge is 2.28. The summed E-state index contributed by atoms with van der Waals surface area (Å²) >= 11 is 0. The van der Waals surface area contributed by atoms with Crippen molar-refractivity contribution in [1.82, 2.24) is 34.8 Å². The first-order valence-electron chi connectivity index (χ1n) is 11.5. The zero-order chi connectivity index (χ0) is 24.6. The van der Waals surface area contributed by atoms with Crippen LogP contribution in [0.2, 0.25) is 0 Å². The standard InChI is InChI=1S/C24H28N8O3/c1-24(2,3)35-23(34)31-14-12-30(13-15-31)22(33)16-8-10-17(11-9-16)25-20-21-27-28-29-32(21)19-7-5-4-6-18(19)26-20/h4-11,22,33H,12-15H2,1-3H3,(H,25,26). The first-order chi connectivity index (χ1) is 16.8. The summed E-state index contributed by atoms with van der Waals surface area (Å²) < 4.78 is 7.10. The first-order valence-corrected chi connectivity index (χ1v) is 11.5. The van der Waals surface area contributed by atoms with Crippen LogP contribution >= 0.6 is 0 Å². The zero-order valence-electron chi connectivity index (χ0n) is 19.9. The van der Waals surface area contributed by atoms with E-state index in [-0.39, 0.29) is 6.09 Å². The number of carbonyl (C=O) groups is 1. The van der Waals surface area contributed by atoms with Crippen LogP contribution in [-0.2, 0) is 4.74 Å². The van der Waals surface area contributed by atoms with Gasteiger partial charge >= 0.3 is 6.09 Å². The zero-order valence-corrected chi connectivity index (χ0v) is 19.9. The molecule has 1 fully saturated rings. The molecule has 4 aromatic rings. The van der Waals surface area contributed by atoms with Crippen LogP contribution in [0, 0.1) is 0 Å². The molecule has 0 radical (unpaired) electrons. The van der Waals surface area contributed by atoms with Gasteiger partial charge in [-0.25, -0.2) is 9.78 Å². The van der Waals surface area contributed by atoms with E-state index in [4.69, 9.17) is 4.74 Å². The number of hydrogen-bond donors (Lipinski definition) is 2. The van der Waals surface area contributed by atoms with Gasteiger partial charge < -0.3 is 20.1 Å². The van der Waals surface area contributed by atoms with Crippen molar-refractivity contribution in [3.8, 4) is 0 Å². The summed E-state index contributed by atoms with van der Waals surface area (Å²) in [6, 6.07) is 15.2. The number of nitrogens with one attached hydrogen (secondary N) is 1. The summed E-state index contributed by atoms with van der Waals surface area (Å²) in [6.07, 6.45) is -1.09. The van der Waals surface area contributed by atoms with Gasteiger partial charge in [0.25, 0.3) is 0 Å². The Morgan fingerprint density at radius 3 is 2.49 bits per heavy atom. The highest BCUT2D eigenvalue weighted by Crippen LogP contribution is 2.25. The van der Waals surface area contributed by atoms with E-state index in [0.717, 1.165) is 22.3 Å². The highest BCUT2D eigenvalue weighted by molar-refractivity contribution is 5.83. The summed E-state index contributed by atoms with van der Waals surface area (Å²) in [5.41, 5.74) is 3.15. The lowest BCUT2D eigenvalue weighted by molar-refractivity contribution is -0.0353. The maximum Gasteiger partial charge on any atom is 0.410 e. The molecule has 1 unspecified atom stereocenters. The topological polar surface area (TPSA) is 121 Å². The number of nitrogens with zero attached hydrogens (tertiary/aromatic N) is 7. The van der Waals surface area contributed by atoms with Crippen LogP contribution in [0.3, 0.4) is 0 Å². The van der Waals surface area contributed by atoms with Gasteiger partial charge in [0.15, 0.2) is 5.82 Å². The normalized spacial score (nSPS) is 15.9. The minimum Gasteiger partial charge on any atom is -0.444 e. The van der Waals surface area contributed by atoms with E-state index < -0.39 is 11.8 Å². The minimum atomic E-state index is -0.768. The van der Waals surface area contributed by atoms with E-state index >= 15 is 0 Å². The van der Waals surface area contributed by atoms with Gasteiger partial charge in [-0.1, -0.05) is 24.3 Å². The van der Waals surface area contributed by atoms with Gasteiger partial charge in [-0.05, 0) is 61.0 Å². The number of para-hydroxylation sites is 2. The van der Waals surface area contributed by atoms with Crippen LogP contribution < -0.4 is 5.32 Å². The van der Waals surface area contributed by atoms with Gasteiger partial charge in [-0.2, -0.15) is 4.52 Å². The van der Waals surface area contributed by atoms with E-state index in [1.54, 1.807) is 9.42 Å². The van der Waals surface area contributed by atoms with Gasteiger partial charge in [0.05, 0.1) is 11.0 Å². The van der Waals surface area contributed by atoms with Gasteiger partial charge in [-0.3, -0.25) is 4.90 Å². The first kappa shape index (κ1) is 22.9. The molecular weight excluding hydrogens is 448 g/mol. The Morgan fingerprint density at radius 2 is 1.77 bits per heavy atom. The number of aliphatic hydroxyl groups is 1. The van der Waals surface area contributed by atoms with E-state index in [9.17, 15) is 9.90 Å².